The first-order chi connectivity index (χ1) is 22.6. The Morgan fingerprint density at radius 2 is 1.02 bits per heavy atom. The van der Waals surface area contributed by atoms with Gasteiger partial charge in [-0.2, -0.15) is 0 Å². The lowest BCUT2D eigenvalue weighted by atomic mass is 9.73. The van der Waals surface area contributed by atoms with Gasteiger partial charge in [0.15, 0.2) is 0 Å². The Hall–Kier alpha value is -5.24. The number of rotatable bonds is 3. The molecule has 0 N–H and O–H groups in total. The van der Waals surface area contributed by atoms with Gasteiger partial charge in [-0.25, -0.2) is 0 Å². The van der Waals surface area contributed by atoms with Gasteiger partial charge in [0.05, 0.1) is 0 Å². The third-order valence-corrected chi connectivity index (χ3v) is 11.2. The predicted octanol–water partition coefficient (Wildman–Crippen LogP) is 13.0. The minimum Gasteiger partial charge on any atom is -0.134 e. The Kier molecular flexibility index (Phi) is 6.13. The highest BCUT2D eigenvalue weighted by molar-refractivity contribution is 7.23. The van der Waals surface area contributed by atoms with Crippen LogP contribution < -0.4 is 0 Å². The SMILES string of the molecule is CC1(C)c2cccc(-c3cccc4ccccc34)c2-c2ccccc2-c2ccc3c(-c4ccccc4)c(-c4ccccc4)sc3c21. The molecule has 0 atom stereocenters. The normalized spacial score (nSPS) is 13.2. The van der Waals surface area contributed by atoms with Crippen LogP contribution >= 0.6 is 11.3 Å². The van der Waals surface area contributed by atoms with Gasteiger partial charge in [-0.05, 0) is 66.4 Å². The number of fused-ring (bicyclic) bond motifs is 8. The minimum absolute atomic E-state index is 0.267. The van der Waals surface area contributed by atoms with Crippen LogP contribution in [0.1, 0.15) is 25.0 Å². The van der Waals surface area contributed by atoms with Crippen LogP contribution in [0, 0.1) is 0 Å². The number of hydrogen-bond donors (Lipinski definition) is 0. The molecule has 9 rings (SSSR count). The highest BCUT2D eigenvalue weighted by Crippen LogP contribution is 2.56. The fraction of sp³-hybridized carbons (Fsp3) is 0.0667. The van der Waals surface area contributed by atoms with Gasteiger partial charge in [0.2, 0.25) is 0 Å². The summed E-state index contributed by atoms with van der Waals surface area (Å²) in [7, 11) is 0. The topological polar surface area (TPSA) is 0 Å². The molecule has 1 aliphatic rings. The van der Waals surface area contributed by atoms with Gasteiger partial charge in [0, 0.05) is 25.9 Å². The highest BCUT2D eigenvalue weighted by Gasteiger charge is 2.37. The van der Waals surface area contributed by atoms with Crippen molar-refractivity contribution in [1.82, 2.24) is 0 Å². The molecule has 1 aliphatic carbocycles. The maximum atomic E-state index is 2.44. The first-order valence-electron chi connectivity index (χ1n) is 16.0. The molecular weight excluding hydrogens is 573 g/mol. The van der Waals surface area contributed by atoms with E-state index >= 15 is 0 Å². The molecule has 0 bridgehead atoms. The Morgan fingerprint density at radius 3 is 1.83 bits per heavy atom. The average molecular weight is 605 g/mol. The molecule has 0 fully saturated rings. The highest BCUT2D eigenvalue weighted by atomic mass is 32.1. The summed E-state index contributed by atoms with van der Waals surface area (Å²) in [5.41, 5.74) is 14.2. The first-order valence-corrected chi connectivity index (χ1v) is 16.8. The van der Waals surface area contributed by atoms with E-state index in [9.17, 15) is 0 Å². The minimum atomic E-state index is -0.267. The van der Waals surface area contributed by atoms with Gasteiger partial charge >= 0.3 is 0 Å². The van der Waals surface area contributed by atoms with Gasteiger partial charge in [0.1, 0.15) is 0 Å². The average Bonchev–Trinajstić information content (AvgIpc) is 3.47. The van der Waals surface area contributed by atoms with Crippen LogP contribution in [-0.4, -0.2) is 0 Å². The van der Waals surface area contributed by atoms with Crippen LogP contribution in [0.25, 0.3) is 75.8 Å². The molecule has 0 aliphatic heterocycles. The molecule has 0 saturated carbocycles. The lowest BCUT2D eigenvalue weighted by Crippen LogP contribution is -2.20. The molecule has 7 aromatic carbocycles. The van der Waals surface area contributed by atoms with Gasteiger partial charge in [-0.1, -0.05) is 172 Å². The van der Waals surface area contributed by atoms with Crippen LogP contribution in [-0.2, 0) is 5.41 Å². The molecule has 1 heterocycles. The molecule has 1 heteroatoms. The quantitative estimate of drug-likeness (QED) is 0.188. The van der Waals surface area contributed by atoms with Gasteiger partial charge in [-0.3, -0.25) is 0 Å². The number of thiophene rings is 1. The van der Waals surface area contributed by atoms with Crippen molar-refractivity contribution >= 4 is 32.2 Å². The smallest absolute Gasteiger partial charge is 0.0433 e. The summed E-state index contributed by atoms with van der Waals surface area (Å²) in [6, 6.07) is 58.1. The molecule has 46 heavy (non-hydrogen) atoms. The summed E-state index contributed by atoms with van der Waals surface area (Å²) in [5.74, 6) is 0. The van der Waals surface area contributed by atoms with E-state index in [0.29, 0.717) is 0 Å². The largest absolute Gasteiger partial charge is 0.134 e. The van der Waals surface area contributed by atoms with E-state index < -0.39 is 0 Å². The molecule has 8 aromatic rings. The van der Waals surface area contributed by atoms with E-state index in [1.807, 2.05) is 11.3 Å². The van der Waals surface area contributed by atoms with E-state index in [1.54, 1.807) is 0 Å². The van der Waals surface area contributed by atoms with Crippen molar-refractivity contribution in [3.05, 3.63) is 169 Å². The molecule has 0 saturated heterocycles. The molecule has 0 spiro atoms. The van der Waals surface area contributed by atoms with E-state index in [4.69, 9.17) is 0 Å². The molecule has 0 radical (unpaired) electrons. The monoisotopic (exact) mass is 604 g/mol. The van der Waals surface area contributed by atoms with E-state index in [-0.39, 0.29) is 5.41 Å². The summed E-state index contributed by atoms with van der Waals surface area (Å²) < 4.78 is 1.37. The zero-order valence-electron chi connectivity index (χ0n) is 25.9. The van der Waals surface area contributed by atoms with E-state index in [1.165, 1.54) is 86.9 Å². The van der Waals surface area contributed by atoms with Crippen molar-refractivity contribution in [1.29, 1.82) is 0 Å². The second-order valence-corrected chi connectivity index (χ2v) is 13.8. The van der Waals surface area contributed by atoms with Gasteiger partial charge < -0.3 is 0 Å². The molecule has 218 valence electrons. The zero-order valence-corrected chi connectivity index (χ0v) is 26.7. The van der Waals surface area contributed by atoms with Crippen molar-refractivity contribution in [2.45, 2.75) is 19.3 Å². The van der Waals surface area contributed by atoms with Crippen molar-refractivity contribution in [2.24, 2.45) is 0 Å². The number of benzene rings is 7. The molecular formula is C45H32S. The van der Waals surface area contributed by atoms with Crippen LogP contribution in [0.5, 0.6) is 0 Å². The van der Waals surface area contributed by atoms with Gasteiger partial charge in [-0.15, -0.1) is 11.3 Å². The van der Waals surface area contributed by atoms with Crippen LogP contribution in [0.4, 0.5) is 0 Å². The Labute approximate surface area is 274 Å². The lowest BCUT2D eigenvalue weighted by molar-refractivity contribution is 0.653. The fourth-order valence-corrected chi connectivity index (χ4v) is 9.34. The first kappa shape index (κ1) is 27.1. The Bertz CT molecular complexity index is 2420. The van der Waals surface area contributed by atoms with E-state index in [2.05, 4.69) is 172 Å². The maximum Gasteiger partial charge on any atom is 0.0433 e. The van der Waals surface area contributed by atoms with Crippen molar-refractivity contribution < 1.29 is 0 Å². The number of hydrogen-bond acceptors (Lipinski definition) is 1. The molecule has 0 nitrogen and oxygen atoms in total. The van der Waals surface area contributed by atoms with Crippen LogP contribution in [0.2, 0.25) is 0 Å². The zero-order chi connectivity index (χ0) is 30.8. The molecule has 0 amide bonds. The summed E-state index contributed by atoms with van der Waals surface area (Å²) in [6.07, 6.45) is 0. The van der Waals surface area contributed by atoms with Gasteiger partial charge in [0.25, 0.3) is 0 Å². The summed E-state index contributed by atoms with van der Waals surface area (Å²) in [5, 5.41) is 3.88. The predicted molar refractivity (Wildman–Crippen MR) is 199 cm³/mol. The Morgan fingerprint density at radius 1 is 0.413 bits per heavy atom. The lowest BCUT2D eigenvalue weighted by Gasteiger charge is -2.30. The van der Waals surface area contributed by atoms with Crippen LogP contribution in [0.3, 0.4) is 0 Å². The Balaban J connectivity index is 1.40. The molecule has 0 unspecified atom stereocenters. The summed E-state index contributed by atoms with van der Waals surface area (Å²) in [6.45, 7) is 4.87. The maximum absolute atomic E-state index is 2.44. The fourth-order valence-electron chi connectivity index (χ4n) is 7.81. The third kappa shape index (κ3) is 3.99. The van der Waals surface area contributed by atoms with Crippen LogP contribution in [0.15, 0.2) is 158 Å². The second kappa shape index (κ2) is 10.4. The van der Waals surface area contributed by atoms with E-state index in [0.717, 1.165) is 0 Å². The second-order valence-electron chi connectivity index (χ2n) is 12.8. The van der Waals surface area contributed by atoms with Crippen molar-refractivity contribution in [3.63, 3.8) is 0 Å². The summed E-state index contributed by atoms with van der Waals surface area (Å²) in [4.78, 5) is 1.33. The third-order valence-electron chi connectivity index (χ3n) is 9.89. The van der Waals surface area contributed by atoms with Crippen molar-refractivity contribution in [3.8, 4) is 54.9 Å². The summed E-state index contributed by atoms with van der Waals surface area (Å²) >= 11 is 1.95. The van der Waals surface area contributed by atoms with Crippen molar-refractivity contribution in [2.75, 3.05) is 0 Å². The standard InChI is InChI=1S/C45H32S/c1-45(2)39-26-14-25-36(33-24-13-20-29-15-9-10-21-32(29)33)41(39)35-23-12-11-22-34(35)37-27-28-38-40(30-16-5-3-6-17-30)43(46-44(38)42(37)45)31-18-7-4-8-19-31/h3-28H,1-2H3. The molecule has 1 aromatic heterocycles.